The summed E-state index contributed by atoms with van der Waals surface area (Å²) in [5.74, 6) is -0.750. The van der Waals surface area contributed by atoms with Crippen molar-refractivity contribution in [2.45, 2.75) is 0 Å². The summed E-state index contributed by atoms with van der Waals surface area (Å²) in [5.41, 5.74) is 0.411. The lowest BCUT2D eigenvalue weighted by atomic mass is 10.2. The first-order chi connectivity index (χ1) is 5.68. The second-order valence-corrected chi connectivity index (χ2v) is 2.83. The number of aromatic hydroxyl groups is 2. The van der Waals surface area contributed by atoms with Crippen LogP contribution >= 0.6 is 11.6 Å². The molecule has 1 aromatic carbocycles. The molecule has 2 rings (SSSR count). The van der Waals surface area contributed by atoms with Gasteiger partial charge in [-0.25, -0.2) is 0 Å². The Kier molecular flexibility index (Phi) is 1.41. The summed E-state index contributed by atoms with van der Waals surface area (Å²) in [6.07, 6.45) is 0. The fraction of sp³-hybridized carbons (Fsp3) is 0. The fourth-order valence-electron chi connectivity index (χ4n) is 1.04. The molecule has 0 fully saturated rings. The molecule has 4 heteroatoms. The molecule has 0 aliphatic rings. The number of benzene rings is 1. The summed E-state index contributed by atoms with van der Waals surface area (Å²) < 4.78 is 4.80. The average molecular weight is 185 g/mol. The molecule has 2 aromatic rings. The molecular weight excluding hydrogens is 180 g/mol. The van der Waals surface area contributed by atoms with E-state index in [0.717, 1.165) is 0 Å². The van der Waals surface area contributed by atoms with Crippen LogP contribution in [0.1, 0.15) is 0 Å². The van der Waals surface area contributed by atoms with Gasteiger partial charge in [0.2, 0.25) is 5.75 Å². The number of hydrogen-bond donors (Lipinski definition) is 2. The maximum absolute atomic E-state index is 9.22. The molecular formula is C8H5ClO3. The van der Waals surface area contributed by atoms with Crippen LogP contribution in [0.3, 0.4) is 0 Å². The quantitative estimate of drug-likeness (QED) is 0.662. The predicted molar refractivity (Wildman–Crippen MR) is 44.6 cm³/mol. The summed E-state index contributed by atoms with van der Waals surface area (Å²) in [6.45, 7) is 0. The molecule has 0 unspecified atom stereocenters. The van der Waals surface area contributed by atoms with Crippen molar-refractivity contribution >= 4 is 22.6 Å². The predicted octanol–water partition coefficient (Wildman–Crippen LogP) is 2.50. The molecule has 0 radical (unpaired) electrons. The number of hydrogen-bond acceptors (Lipinski definition) is 3. The monoisotopic (exact) mass is 184 g/mol. The molecule has 0 amide bonds. The van der Waals surface area contributed by atoms with E-state index >= 15 is 0 Å². The van der Waals surface area contributed by atoms with Crippen LogP contribution in [0.25, 0.3) is 11.0 Å². The molecule has 0 saturated heterocycles. The Labute approximate surface area is 72.8 Å². The number of fused-ring (bicyclic) bond motifs is 1. The number of furan rings is 1. The van der Waals surface area contributed by atoms with Gasteiger partial charge in [-0.3, -0.25) is 0 Å². The van der Waals surface area contributed by atoms with Gasteiger partial charge in [0, 0.05) is 5.02 Å². The van der Waals surface area contributed by atoms with Crippen LogP contribution in [0, 0.1) is 0 Å². The fourth-order valence-corrected chi connectivity index (χ4v) is 1.22. The Morgan fingerprint density at radius 3 is 2.75 bits per heavy atom. The third-order valence-corrected chi connectivity index (χ3v) is 1.84. The van der Waals surface area contributed by atoms with E-state index in [-0.39, 0.29) is 5.75 Å². The average Bonchev–Trinajstić information content (AvgIpc) is 2.31. The van der Waals surface area contributed by atoms with Crippen molar-refractivity contribution in [1.82, 2.24) is 0 Å². The molecule has 1 aromatic heterocycles. The minimum absolute atomic E-state index is 0.271. The van der Waals surface area contributed by atoms with Crippen molar-refractivity contribution in [1.29, 1.82) is 0 Å². The molecule has 0 aliphatic carbocycles. The van der Waals surface area contributed by atoms with E-state index in [1.54, 1.807) is 12.1 Å². The summed E-state index contributed by atoms with van der Waals surface area (Å²) in [6, 6.07) is 4.72. The van der Waals surface area contributed by atoms with Crippen LogP contribution in [0.2, 0.25) is 5.02 Å². The largest absolute Gasteiger partial charge is 0.501 e. The SMILES string of the molecule is Oc1oc2ccc(Cl)cc2c1O. The molecule has 12 heavy (non-hydrogen) atoms. The lowest BCUT2D eigenvalue weighted by molar-refractivity contribution is 0.316. The van der Waals surface area contributed by atoms with Gasteiger partial charge in [0.15, 0.2) is 0 Å². The molecule has 0 spiro atoms. The lowest BCUT2D eigenvalue weighted by Gasteiger charge is -1.88. The van der Waals surface area contributed by atoms with Crippen LogP contribution in [0.4, 0.5) is 0 Å². The van der Waals surface area contributed by atoms with Crippen molar-refractivity contribution < 1.29 is 14.6 Å². The Morgan fingerprint density at radius 2 is 2.00 bits per heavy atom. The zero-order chi connectivity index (χ0) is 8.72. The van der Waals surface area contributed by atoms with Crippen molar-refractivity contribution in [3.63, 3.8) is 0 Å². The molecule has 0 saturated carbocycles. The van der Waals surface area contributed by atoms with E-state index in [2.05, 4.69) is 0 Å². The third kappa shape index (κ3) is 0.905. The van der Waals surface area contributed by atoms with E-state index in [4.69, 9.17) is 21.1 Å². The van der Waals surface area contributed by atoms with Crippen LogP contribution < -0.4 is 0 Å². The van der Waals surface area contributed by atoms with Gasteiger partial charge in [0.05, 0.1) is 5.39 Å². The highest BCUT2D eigenvalue weighted by Gasteiger charge is 2.11. The van der Waals surface area contributed by atoms with E-state index in [9.17, 15) is 5.11 Å². The van der Waals surface area contributed by atoms with Crippen LogP contribution in [0.15, 0.2) is 22.6 Å². The van der Waals surface area contributed by atoms with Gasteiger partial charge in [-0.15, -0.1) is 0 Å². The molecule has 0 atom stereocenters. The van der Waals surface area contributed by atoms with E-state index in [1.807, 2.05) is 0 Å². The zero-order valence-electron chi connectivity index (χ0n) is 5.91. The Hall–Kier alpha value is -1.35. The highest BCUT2D eigenvalue weighted by Crippen LogP contribution is 2.37. The van der Waals surface area contributed by atoms with Crippen molar-refractivity contribution in [3.8, 4) is 11.7 Å². The summed E-state index contributed by atoms with van der Waals surface area (Å²) in [4.78, 5) is 0. The lowest BCUT2D eigenvalue weighted by Crippen LogP contribution is -1.64. The van der Waals surface area contributed by atoms with Gasteiger partial charge in [-0.1, -0.05) is 11.6 Å². The third-order valence-electron chi connectivity index (χ3n) is 1.61. The molecule has 2 N–H and O–H groups in total. The molecule has 0 bridgehead atoms. The zero-order valence-corrected chi connectivity index (χ0v) is 6.67. The highest BCUT2D eigenvalue weighted by atomic mass is 35.5. The van der Waals surface area contributed by atoms with Gasteiger partial charge >= 0.3 is 5.95 Å². The number of halogens is 1. The van der Waals surface area contributed by atoms with Crippen LogP contribution in [0.5, 0.6) is 11.7 Å². The minimum atomic E-state index is -0.479. The van der Waals surface area contributed by atoms with Crippen molar-refractivity contribution in [2.75, 3.05) is 0 Å². The van der Waals surface area contributed by atoms with Crippen molar-refractivity contribution in [3.05, 3.63) is 23.2 Å². The summed E-state index contributed by atoms with van der Waals surface area (Å²) in [5, 5.41) is 19.1. The highest BCUT2D eigenvalue weighted by molar-refractivity contribution is 6.31. The van der Waals surface area contributed by atoms with E-state index in [1.165, 1.54) is 6.07 Å². The standard InChI is InChI=1S/C8H5ClO3/c9-4-1-2-6-5(3-4)7(10)8(11)12-6/h1-3,10-11H. The normalized spacial score (nSPS) is 10.8. The Morgan fingerprint density at radius 1 is 1.25 bits per heavy atom. The van der Waals surface area contributed by atoms with Gasteiger partial charge in [0.1, 0.15) is 5.58 Å². The van der Waals surface area contributed by atoms with Crippen LogP contribution in [-0.4, -0.2) is 10.2 Å². The molecule has 0 aliphatic heterocycles. The maximum atomic E-state index is 9.22. The Bertz CT molecular complexity index is 433. The molecule has 1 heterocycles. The smallest absolute Gasteiger partial charge is 0.327 e. The molecule has 3 nitrogen and oxygen atoms in total. The van der Waals surface area contributed by atoms with Gasteiger partial charge in [0.25, 0.3) is 0 Å². The van der Waals surface area contributed by atoms with Crippen molar-refractivity contribution in [2.24, 2.45) is 0 Å². The minimum Gasteiger partial charge on any atom is -0.501 e. The first-order valence-electron chi connectivity index (χ1n) is 3.28. The van der Waals surface area contributed by atoms with Gasteiger partial charge in [-0.2, -0.15) is 0 Å². The van der Waals surface area contributed by atoms with Crippen LogP contribution in [-0.2, 0) is 0 Å². The number of rotatable bonds is 0. The second kappa shape index (κ2) is 2.32. The van der Waals surface area contributed by atoms with E-state index < -0.39 is 5.95 Å². The first kappa shape index (κ1) is 7.31. The maximum Gasteiger partial charge on any atom is 0.327 e. The van der Waals surface area contributed by atoms with E-state index in [0.29, 0.717) is 16.0 Å². The van der Waals surface area contributed by atoms with Gasteiger partial charge < -0.3 is 14.6 Å². The Balaban J connectivity index is 2.88. The first-order valence-corrected chi connectivity index (χ1v) is 3.66. The summed E-state index contributed by atoms with van der Waals surface area (Å²) >= 11 is 5.67. The molecule has 62 valence electrons. The second-order valence-electron chi connectivity index (χ2n) is 2.40. The topological polar surface area (TPSA) is 53.6 Å². The summed E-state index contributed by atoms with van der Waals surface area (Å²) in [7, 11) is 0. The van der Waals surface area contributed by atoms with Gasteiger partial charge in [-0.05, 0) is 18.2 Å².